The van der Waals surface area contributed by atoms with E-state index in [2.05, 4.69) is 15.0 Å². The number of fused-ring (bicyclic) bond motifs is 1. The smallest absolute Gasteiger partial charge is 0.225 e. The van der Waals surface area contributed by atoms with Crippen LogP contribution in [-0.2, 0) is 4.74 Å². The normalized spacial score (nSPS) is 22.9. The van der Waals surface area contributed by atoms with Crippen molar-refractivity contribution in [3.63, 3.8) is 0 Å². The summed E-state index contributed by atoms with van der Waals surface area (Å²) in [6, 6.07) is -0.159. The van der Waals surface area contributed by atoms with Crippen LogP contribution >= 0.6 is 23.2 Å². The summed E-state index contributed by atoms with van der Waals surface area (Å²) in [6.07, 6.45) is 0.178. The Kier molecular flexibility index (Phi) is 4.29. The molecule has 0 aliphatic carbocycles. The molecule has 2 aromatic rings. The van der Waals surface area contributed by atoms with Crippen molar-refractivity contribution in [3.05, 3.63) is 22.5 Å². The van der Waals surface area contributed by atoms with E-state index in [1.165, 1.54) is 6.20 Å². The van der Waals surface area contributed by atoms with Crippen LogP contribution in [0.2, 0.25) is 10.4 Å². The molecule has 0 N–H and O–H groups in total. The lowest BCUT2D eigenvalue weighted by Crippen LogP contribution is -2.38. The molecule has 1 fully saturated rings. The second kappa shape index (κ2) is 6.06. The highest BCUT2D eigenvalue weighted by molar-refractivity contribution is 6.30. The first-order valence-corrected chi connectivity index (χ1v) is 7.38. The van der Waals surface area contributed by atoms with Crippen LogP contribution in [-0.4, -0.2) is 46.9 Å². The van der Waals surface area contributed by atoms with Gasteiger partial charge in [-0.25, -0.2) is 18.7 Å². The van der Waals surface area contributed by atoms with Crippen molar-refractivity contribution in [1.82, 2.24) is 15.0 Å². The van der Waals surface area contributed by atoms with Crippen molar-refractivity contribution in [2.24, 2.45) is 0 Å². The lowest BCUT2D eigenvalue weighted by atomic mass is 10.2. The summed E-state index contributed by atoms with van der Waals surface area (Å²) < 4.78 is 33.2. The van der Waals surface area contributed by atoms with Crippen molar-refractivity contribution >= 4 is 39.9 Å². The molecule has 0 aromatic carbocycles. The Labute approximate surface area is 135 Å². The second-order valence-corrected chi connectivity index (χ2v) is 5.77. The number of halogens is 4. The van der Waals surface area contributed by atoms with Gasteiger partial charge in [-0.2, -0.15) is 4.98 Å². The highest BCUT2D eigenvalue weighted by atomic mass is 35.5. The molecule has 22 heavy (non-hydrogen) atoms. The maximum Gasteiger partial charge on any atom is 0.225 e. The van der Waals surface area contributed by atoms with Crippen molar-refractivity contribution < 1.29 is 13.5 Å². The van der Waals surface area contributed by atoms with E-state index in [0.717, 1.165) is 0 Å². The molecule has 0 saturated carbocycles. The fraction of sp³-hybridized carbons (Fsp3) is 0.462. The molecule has 3 heterocycles. The van der Waals surface area contributed by atoms with Gasteiger partial charge < -0.3 is 9.64 Å². The minimum atomic E-state index is -1.18. The molecular formula is C13H12Cl2F2N4O. The van der Waals surface area contributed by atoms with Gasteiger partial charge in [-0.1, -0.05) is 11.6 Å². The van der Waals surface area contributed by atoms with Crippen molar-refractivity contribution in [2.45, 2.75) is 19.1 Å². The molecule has 9 heteroatoms. The largest absolute Gasteiger partial charge is 0.376 e. The first-order valence-electron chi connectivity index (χ1n) is 6.63. The lowest BCUT2D eigenvalue weighted by Gasteiger charge is -2.28. The summed E-state index contributed by atoms with van der Waals surface area (Å²) >= 11 is 11.6. The van der Waals surface area contributed by atoms with E-state index in [4.69, 9.17) is 27.9 Å². The Morgan fingerprint density at radius 1 is 1.32 bits per heavy atom. The molecule has 0 spiro atoms. The van der Waals surface area contributed by atoms with Gasteiger partial charge in [0.25, 0.3) is 0 Å². The number of rotatable bonds is 1. The molecule has 118 valence electrons. The molecule has 0 bridgehead atoms. The molecule has 1 aliphatic rings. The standard InChI is InChI=1S/C13H12Cl2F2N4O/c1-6-4-22-5-7(16)3-21(6)12-8-2-18-11(14)9(17)10(8)19-13(15)20-12/h2,6-7H,3-5H2,1H3. The van der Waals surface area contributed by atoms with E-state index >= 15 is 0 Å². The Morgan fingerprint density at radius 2 is 2.09 bits per heavy atom. The molecule has 3 rings (SSSR count). The van der Waals surface area contributed by atoms with Crippen LogP contribution in [0, 0.1) is 5.82 Å². The molecular weight excluding hydrogens is 337 g/mol. The summed E-state index contributed by atoms with van der Waals surface area (Å²) in [5, 5.41) is -0.118. The summed E-state index contributed by atoms with van der Waals surface area (Å²) in [5.74, 6) is -0.459. The molecule has 1 saturated heterocycles. The van der Waals surface area contributed by atoms with E-state index in [1.807, 2.05) is 6.92 Å². The SMILES string of the molecule is CC1COCC(F)CN1c1nc(Cl)nc2c(F)c(Cl)ncc12. The van der Waals surface area contributed by atoms with Crippen LogP contribution in [0.25, 0.3) is 10.9 Å². The Morgan fingerprint density at radius 3 is 2.86 bits per heavy atom. The van der Waals surface area contributed by atoms with Gasteiger partial charge in [0.15, 0.2) is 11.0 Å². The third-order valence-electron chi connectivity index (χ3n) is 3.45. The average molecular weight is 349 g/mol. The van der Waals surface area contributed by atoms with Crippen LogP contribution in [0.15, 0.2) is 6.20 Å². The maximum atomic E-state index is 14.1. The van der Waals surface area contributed by atoms with Crippen molar-refractivity contribution in [2.75, 3.05) is 24.7 Å². The molecule has 2 aromatic heterocycles. The van der Waals surface area contributed by atoms with E-state index in [1.54, 1.807) is 4.90 Å². The van der Waals surface area contributed by atoms with E-state index in [0.29, 0.717) is 17.8 Å². The van der Waals surface area contributed by atoms with E-state index < -0.39 is 12.0 Å². The number of anilines is 1. The number of aromatic nitrogens is 3. The monoisotopic (exact) mass is 348 g/mol. The van der Waals surface area contributed by atoms with Crippen molar-refractivity contribution in [3.8, 4) is 0 Å². The van der Waals surface area contributed by atoms with Crippen LogP contribution < -0.4 is 4.90 Å². The van der Waals surface area contributed by atoms with E-state index in [9.17, 15) is 8.78 Å². The molecule has 0 radical (unpaired) electrons. The fourth-order valence-corrected chi connectivity index (χ4v) is 2.71. The quantitative estimate of drug-likeness (QED) is 0.585. The predicted molar refractivity (Wildman–Crippen MR) is 79.8 cm³/mol. The van der Waals surface area contributed by atoms with Gasteiger partial charge in [-0.05, 0) is 18.5 Å². The summed E-state index contributed by atoms with van der Waals surface area (Å²) in [6.45, 7) is 2.26. The van der Waals surface area contributed by atoms with Crippen LogP contribution in [0.4, 0.5) is 14.6 Å². The third kappa shape index (κ3) is 2.80. The molecule has 1 aliphatic heterocycles. The van der Waals surface area contributed by atoms with Crippen LogP contribution in [0.5, 0.6) is 0 Å². The lowest BCUT2D eigenvalue weighted by molar-refractivity contribution is 0.0963. The summed E-state index contributed by atoms with van der Waals surface area (Å²) in [5.41, 5.74) is -0.0391. The van der Waals surface area contributed by atoms with E-state index in [-0.39, 0.29) is 35.1 Å². The number of hydrogen-bond donors (Lipinski definition) is 0. The first-order chi connectivity index (χ1) is 10.5. The zero-order valence-electron chi connectivity index (χ0n) is 11.6. The number of hydrogen-bond acceptors (Lipinski definition) is 5. The van der Waals surface area contributed by atoms with Gasteiger partial charge in [0.05, 0.1) is 31.2 Å². The van der Waals surface area contributed by atoms with Crippen LogP contribution in [0.1, 0.15) is 6.92 Å². The molecule has 5 nitrogen and oxygen atoms in total. The predicted octanol–water partition coefficient (Wildman–Crippen LogP) is 3.03. The average Bonchev–Trinajstić information content (AvgIpc) is 2.64. The van der Waals surface area contributed by atoms with Crippen molar-refractivity contribution in [1.29, 1.82) is 0 Å². The molecule has 0 amide bonds. The highest BCUT2D eigenvalue weighted by Crippen LogP contribution is 2.31. The summed E-state index contributed by atoms with van der Waals surface area (Å²) in [7, 11) is 0. The number of nitrogens with zero attached hydrogens (tertiary/aromatic N) is 4. The number of ether oxygens (including phenoxy) is 1. The molecule has 2 atom stereocenters. The third-order valence-corrected chi connectivity index (χ3v) is 3.88. The Balaban J connectivity index is 2.19. The van der Waals surface area contributed by atoms with Crippen LogP contribution in [0.3, 0.4) is 0 Å². The summed E-state index contributed by atoms with van der Waals surface area (Å²) in [4.78, 5) is 13.5. The number of alkyl halides is 1. The number of pyridine rings is 1. The Hall–Kier alpha value is -1.31. The van der Waals surface area contributed by atoms with Gasteiger partial charge in [-0.15, -0.1) is 0 Å². The zero-order valence-corrected chi connectivity index (χ0v) is 13.1. The second-order valence-electron chi connectivity index (χ2n) is 5.08. The minimum Gasteiger partial charge on any atom is -0.376 e. The Bertz CT molecular complexity index is 718. The molecule has 2 unspecified atom stereocenters. The minimum absolute atomic E-state index is 0.00995. The maximum absolute atomic E-state index is 14.1. The highest BCUT2D eigenvalue weighted by Gasteiger charge is 2.27. The fourth-order valence-electron chi connectivity index (χ4n) is 2.41. The zero-order chi connectivity index (χ0) is 15.9. The van der Waals surface area contributed by atoms with Gasteiger partial charge in [0.1, 0.15) is 17.5 Å². The van der Waals surface area contributed by atoms with Gasteiger partial charge in [0.2, 0.25) is 5.28 Å². The topological polar surface area (TPSA) is 51.1 Å². The van der Waals surface area contributed by atoms with Gasteiger partial charge in [-0.3, -0.25) is 0 Å². The van der Waals surface area contributed by atoms with Gasteiger partial charge >= 0.3 is 0 Å². The first kappa shape index (κ1) is 15.6. The van der Waals surface area contributed by atoms with Gasteiger partial charge in [0, 0.05) is 6.20 Å².